The van der Waals surface area contributed by atoms with Crippen molar-refractivity contribution in [2.75, 3.05) is 11.4 Å². The van der Waals surface area contributed by atoms with Crippen LogP contribution in [0, 0.1) is 6.92 Å². The number of allylic oxidation sites excluding steroid dienone is 2. The number of benzene rings is 3. The summed E-state index contributed by atoms with van der Waals surface area (Å²) in [5.74, 6) is 0.122. The first-order valence-corrected chi connectivity index (χ1v) is 13.6. The molecule has 4 aromatic rings. The molecule has 0 saturated carbocycles. The highest BCUT2D eigenvalue weighted by atomic mass is 19.4. The summed E-state index contributed by atoms with van der Waals surface area (Å²) in [5, 5.41) is 2.38. The number of nitrogens with zero attached hydrogens (tertiary/aromatic N) is 3. The van der Waals surface area contributed by atoms with E-state index in [0.29, 0.717) is 17.5 Å². The fraction of sp³-hybridized carbons (Fsp3) is 0.265. The van der Waals surface area contributed by atoms with E-state index in [0.717, 1.165) is 36.8 Å². The van der Waals surface area contributed by atoms with Gasteiger partial charge in [-0.1, -0.05) is 42.0 Å². The Morgan fingerprint density at radius 3 is 2.54 bits per heavy atom. The van der Waals surface area contributed by atoms with Gasteiger partial charge in [0.1, 0.15) is 0 Å². The second-order valence-corrected chi connectivity index (χ2v) is 10.3. The van der Waals surface area contributed by atoms with Crippen LogP contribution in [0.2, 0.25) is 0 Å². The molecule has 0 amide bonds. The Morgan fingerprint density at radius 1 is 1.00 bits per heavy atom. The van der Waals surface area contributed by atoms with Crippen LogP contribution in [0.25, 0.3) is 10.8 Å². The number of Topliss-reactive ketones (excluding diaryl/α,β-unsaturated/α-hetero) is 1. The van der Waals surface area contributed by atoms with Gasteiger partial charge in [-0.05, 0) is 86.5 Å². The van der Waals surface area contributed by atoms with Gasteiger partial charge in [0.25, 0.3) is 0 Å². The quantitative estimate of drug-likeness (QED) is 0.176. The zero-order chi connectivity index (χ0) is 29.6. The molecule has 1 aromatic heterocycles. The Balaban J connectivity index is 0.000000196. The fourth-order valence-electron chi connectivity index (χ4n) is 4.80. The van der Waals surface area contributed by atoms with Gasteiger partial charge in [-0.15, -0.1) is 0 Å². The Hall–Kier alpha value is -4.26. The van der Waals surface area contributed by atoms with Gasteiger partial charge in [-0.25, -0.2) is 0 Å². The first kappa shape index (κ1) is 29.7. The molecule has 1 aliphatic heterocycles. The minimum absolute atomic E-state index is 0.122. The van der Waals surface area contributed by atoms with Crippen LogP contribution in [0.4, 0.5) is 18.9 Å². The average molecular weight is 558 g/mol. The molecule has 0 saturated heterocycles. The minimum atomic E-state index is -4.29. The monoisotopic (exact) mass is 557 g/mol. The number of aromatic nitrogens is 1. The van der Waals surface area contributed by atoms with Crippen LogP contribution < -0.4 is 4.90 Å². The third kappa shape index (κ3) is 7.91. The van der Waals surface area contributed by atoms with Gasteiger partial charge in [0.2, 0.25) is 0 Å². The first-order valence-electron chi connectivity index (χ1n) is 13.6. The number of rotatable bonds is 6. The molecule has 0 radical (unpaired) electrons. The van der Waals surface area contributed by atoms with Crippen LogP contribution in [0.1, 0.15) is 58.9 Å². The molecule has 41 heavy (non-hydrogen) atoms. The van der Waals surface area contributed by atoms with Crippen LogP contribution in [0.5, 0.6) is 0 Å². The lowest BCUT2D eigenvalue weighted by atomic mass is 10.0. The van der Waals surface area contributed by atoms with Crippen molar-refractivity contribution in [3.63, 3.8) is 0 Å². The number of aryl methyl sites for hydroxylation is 1. The van der Waals surface area contributed by atoms with Gasteiger partial charge in [0.05, 0.1) is 5.56 Å². The Kier molecular flexibility index (Phi) is 9.38. The number of fused-ring (bicyclic) bond motifs is 2. The van der Waals surface area contributed by atoms with E-state index in [1.165, 1.54) is 33.7 Å². The second kappa shape index (κ2) is 12.9. The van der Waals surface area contributed by atoms with E-state index < -0.39 is 11.7 Å². The standard InChI is InChI=1S/C20H18N2O.C14H16F3N/c1-14(23)18-5-4-17-7-9-22(20(17)11-18)13-15-2-3-16-6-8-21-12-19(16)10-15;1-4-11(3)18-6-5-12-7-10(2)8-13(9-12)14(15,16)17/h2-6,8,10-12H,7,9,13H2,1H3;4,6-9H,5H2,1-3H3/b;11-4-,18-6?. The van der Waals surface area contributed by atoms with Crippen molar-refractivity contribution in [1.29, 1.82) is 0 Å². The Bertz CT molecular complexity index is 1600. The summed E-state index contributed by atoms with van der Waals surface area (Å²) < 4.78 is 37.8. The number of anilines is 1. The van der Waals surface area contributed by atoms with Gasteiger partial charge < -0.3 is 4.90 Å². The Morgan fingerprint density at radius 2 is 1.80 bits per heavy atom. The number of carbonyl (C=O) groups is 1. The maximum atomic E-state index is 12.6. The normalized spacial score (nSPS) is 13.3. The number of aliphatic imine (C=N–C) groups is 1. The smallest absolute Gasteiger partial charge is 0.367 e. The number of halogens is 3. The molecule has 0 spiro atoms. The number of carbonyl (C=O) groups excluding carboxylic acids is 1. The molecule has 0 atom stereocenters. The number of hydrogen-bond donors (Lipinski definition) is 0. The van der Waals surface area contributed by atoms with E-state index in [1.54, 1.807) is 26.1 Å². The number of alkyl halides is 3. The SMILES string of the molecule is C/C=C(/C)N=CCc1cc(C)cc(C(F)(F)F)c1.CC(=O)c1ccc2c(c1)N(Cc1ccc3ccncc3c1)CC2. The largest absolute Gasteiger partial charge is 0.416 e. The highest BCUT2D eigenvalue weighted by molar-refractivity contribution is 5.95. The highest BCUT2D eigenvalue weighted by Gasteiger charge is 2.30. The molecular weight excluding hydrogens is 523 g/mol. The van der Waals surface area contributed by atoms with Crippen molar-refractivity contribution in [3.05, 3.63) is 118 Å². The fourth-order valence-corrected chi connectivity index (χ4v) is 4.80. The molecule has 4 nitrogen and oxygen atoms in total. The van der Waals surface area contributed by atoms with E-state index >= 15 is 0 Å². The van der Waals surface area contributed by atoms with Crippen molar-refractivity contribution in [3.8, 4) is 0 Å². The van der Waals surface area contributed by atoms with Crippen LogP contribution in [-0.2, 0) is 25.6 Å². The molecule has 3 aromatic carbocycles. The summed E-state index contributed by atoms with van der Waals surface area (Å²) in [7, 11) is 0. The van der Waals surface area contributed by atoms with Crippen LogP contribution in [-0.4, -0.2) is 23.5 Å². The number of pyridine rings is 1. The van der Waals surface area contributed by atoms with E-state index in [1.807, 2.05) is 50.5 Å². The van der Waals surface area contributed by atoms with Gasteiger partial charge in [-0.3, -0.25) is 14.8 Å². The number of ketones is 1. The molecule has 2 heterocycles. The van der Waals surface area contributed by atoms with Crippen molar-refractivity contribution in [1.82, 2.24) is 4.98 Å². The minimum Gasteiger partial charge on any atom is -0.367 e. The number of hydrogen-bond acceptors (Lipinski definition) is 4. The van der Waals surface area contributed by atoms with E-state index in [4.69, 9.17) is 0 Å². The van der Waals surface area contributed by atoms with Crippen molar-refractivity contribution < 1.29 is 18.0 Å². The Labute approximate surface area is 239 Å². The summed E-state index contributed by atoms with van der Waals surface area (Å²) in [6.07, 6.45) is 4.35. The van der Waals surface area contributed by atoms with Crippen LogP contribution >= 0.6 is 0 Å². The summed E-state index contributed by atoms with van der Waals surface area (Å²) in [6, 6.07) is 18.7. The molecule has 5 rings (SSSR count). The lowest BCUT2D eigenvalue weighted by Crippen LogP contribution is -2.19. The van der Waals surface area contributed by atoms with Gasteiger partial charge in [0.15, 0.2) is 5.78 Å². The molecule has 0 fully saturated rings. The first-order chi connectivity index (χ1) is 19.5. The molecule has 0 bridgehead atoms. The van der Waals surface area contributed by atoms with Gasteiger partial charge in [-0.2, -0.15) is 13.2 Å². The molecule has 0 N–H and O–H groups in total. The predicted molar refractivity (Wildman–Crippen MR) is 161 cm³/mol. The van der Waals surface area contributed by atoms with Crippen molar-refractivity contribution in [2.24, 2.45) is 4.99 Å². The summed E-state index contributed by atoms with van der Waals surface area (Å²) >= 11 is 0. The average Bonchev–Trinajstić information content (AvgIpc) is 3.34. The maximum Gasteiger partial charge on any atom is 0.416 e. The summed E-state index contributed by atoms with van der Waals surface area (Å²) in [4.78, 5) is 22.3. The lowest BCUT2D eigenvalue weighted by Gasteiger charge is -2.20. The van der Waals surface area contributed by atoms with E-state index in [2.05, 4.69) is 39.1 Å². The molecular formula is C34H34F3N3O. The van der Waals surface area contributed by atoms with Gasteiger partial charge in [0, 0.05) is 60.5 Å². The molecule has 212 valence electrons. The summed E-state index contributed by atoms with van der Waals surface area (Å²) in [6.45, 7) is 8.85. The molecule has 1 aliphatic rings. The zero-order valence-corrected chi connectivity index (χ0v) is 23.8. The van der Waals surface area contributed by atoms with Crippen LogP contribution in [0.15, 0.2) is 89.8 Å². The van der Waals surface area contributed by atoms with Gasteiger partial charge >= 0.3 is 6.18 Å². The third-order valence-electron chi connectivity index (χ3n) is 7.07. The van der Waals surface area contributed by atoms with E-state index in [9.17, 15) is 18.0 Å². The zero-order valence-electron chi connectivity index (χ0n) is 23.8. The third-order valence-corrected chi connectivity index (χ3v) is 7.07. The second-order valence-electron chi connectivity index (χ2n) is 10.3. The predicted octanol–water partition coefficient (Wildman–Crippen LogP) is 8.55. The van der Waals surface area contributed by atoms with E-state index in [-0.39, 0.29) is 5.78 Å². The topological polar surface area (TPSA) is 45.6 Å². The van der Waals surface area contributed by atoms with Crippen molar-refractivity contribution in [2.45, 2.75) is 53.3 Å². The highest BCUT2D eigenvalue weighted by Crippen LogP contribution is 2.32. The maximum absolute atomic E-state index is 12.6. The van der Waals surface area contributed by atoms with Crippen molar-refractivity contribution >= 4 is 28.5 Å². The summed E-state index contributed by atoms with van der Waals surface area (Å²) in [5.41, 5.74) is 6.06. The molecule has 7 heteroatoms. The molecule has 0 unspecified atom stereocenters. The molecule has 0 aliphatic carbocycles. The van der Waals surface area contributed by atoms with Crippen LogP contribution in [0.3, 0.4) is 0 Å². The lowest BCUT2D eigenvalue weighted by molar-refractivity contribution is -0.137.